The van der Waals surface area contributed by atoms with Crippen LogP contribution in [0.2, 0.25) is 0 Å². The number of aliphatic carboxylic acids is 1. The van der Waals surface area contributed by atoms with Crippen molar-refractivity contribution in [3.8, 4) is 0 Å². The number of unbranched alkanes of at least 4 members (excludes halogenated alkanes) is 25. The lowest BCUT2D eigenvalue weighted by Gasteiger charge is -2.20. The first-order valence-electron chi connectivity index (χ1n) is 21.7. The van der Waals surface area contributed by atoms with Crippen molar-refractivity contribution >= 4 is 25.7 Å². The molecule has 0 radical (unpaired) electrons. The summed E-state index contributed by atoms with van der Waals surface area (Å²) in [6.45, 7) is 2.80. The van der Waals surface area contributed by atoms with Gasteiger partial charge in [0, 0.05) is 12.8 Å². The lowest BCUT2D eigenvalue weighted by atomic mass is 10.1. The number of phosphoric ester groups is 1. The minimum atomic E-state index is -4.71. The minimum absolute atomic E-state index is 0.163. The van der Waals surface area contributed by atoms with E-state index >= 15 is 0 Å². The molecule has 0 spiro atoms. The number of rotatable bonds is 41. The van der Waals surface area contributed by atoms with Gasteiger partial charge in [-0.05, 0) is 38.5 Å². The summed E-state index contributed by atoms with van der Waals surface area (Å²) in [5.74, 6) is -2.37. The van der Waals surface area contributed by atoms with Crippen LogP contribution in [0.4, 0.5) is 0 Å². The highest BCUT2D eigenvalue weighted by molar-refractivity contribution is 7.47. The van der Waals surface area contributed by atoms with E-state index in [1.54, 1.807) is 0 Å². The van der Waals surface area contributed by atoms with Crippen molar-refractivity contribution in [3.63, 3.8) is 0 Å². The third-order valence-electron chi connectivity index (χ3n) is 9.51. The third kappa shape index (κ3) is 37.2. The van der Waals surface area contributed by atoms with E-state index in [9.17, 15) is 23.8 Å². The van der Waals surface area contributed by atoms with Gasteiger partial charge in [0.1, 0.15) is 12.6 Å². The van der Waals surface area contributed by atoms with Crippen LogP contribution in [0.15, 0.2) is 12.2 Å². The van der Waals surface area contributed by atoms with Crippen LogP contribution in [0.25, 0.3) is 0 Å². The first-order valence-corrected chi connectivity index (χ1v) is 23.2. The summed E-state index contributed by atoms with van der Waals surface area (Å²) < 4.78 is 32.7. The van der Waals surface area contributed by atoms with Crippen LogP contribution in [0.3, 0.4) is 0 Å². The topological polar surface area (TPSA) is 172 Å². The van der Waals surface area contributed by atoms with Gasteiger partial charge in [-0.3, -0.25) is 23.4 Å². The van der Waals surface area contributed by atoms with Crippen molar-refractivity contribution in [2.45, 2.75) is 219 Å². The van der Waals surface area contributed by atoms with E-state index in [2.05, 4.69) is 30.5 Å². The predicted octanol–water partition coefficient (Wildman–Crippen LogP) is 11.3. The number of phosphoric acid groups is 1. The molecule has 12 heteroatoms. The third-order valence-corrected chi connectivity index (χ3v) is 10.5. The SMILES string of the molecule is CCCCCCCC/C=C\CCCCCCCCCCCC(=O)O[C@H](COC(=O)CCCCCCCCCCCCC)COP(=O)(O)OC[C@H](N)C(=O)O. The van der Waals surface area contributed by atoms with Gasteiger partial charge in [0.05, 0.1) is 13.2 Å². The van der Waals surface area contributed by atoms with Crippen molar-refractivity contribution in [2.75, 3.05) is 19.8 Å². The van der Waals surface area contributed by atoms with Crippen LogP contribution in [0.1, 0.15) is 206 Å². The van der Waals surface area contributed by atoms with Crippen molar-refractivity contribution < 1.29 is 47.5 Å². The molecule has 0 amide bonds. The molecule has 11 nitrogen and oxygen atoms in total. The van der Waals surface area contributed by atoms with Gasteiger partial charge in [-0.15, -0.1) is 0 Å². The average Bonchev–Trinajstić information content (AvgIpc) is 3.14. The van der Waals surface area contributed by atoms with Gasteiger partial charge in [-0.25, -0.2) is 4.57 Å². The van der Waals surface area contributed by atoms with E-state index in [1.807, 2.05) is 0 Å². The summed E-state index contributed by atoms with van der Waals surface area (Å²) in [7, 11) is -4.71. The molecule has 0 aliphatic heterocycles. The van der Waals surface area contributed by atoms with E-state index < -0.39 is 51.1 Å². The molecule has 0 aliphatic rings. The first kappa shape index (κ1) is 52.2. The molecule has 0 saturated carbocycles. The standard InChI is InChI=1S/C42H80NO10P/c1-3-5-7-9-11-13-15-16-17-18-19-20-21-22-24-26-28-30-32-34-41(45)53-38(36-51-54(48,49)52-37-39(43)42(46)47)35-50-40(44)33-31-29-27-25-23-14-12-10-8-6-4-2/h16-17,38-39H,3-15,18-37,43H2,1-2H3,(H,46,47)(H,48,49)/b17-16-/t38-,39+/m1/s1. The smallest absolute Gasteiger partial charge is 0.472 e. The molecule has 0 aliphatic carbocycles. The molecule has 0 rings (SSSR count). The Labute approximate surface area is 328 Å². The van der Waals surface area contributed by atoms with Gasteiger partial charge in [-0.2, -0.15) is 0 Å². The molecule has 3 atom stereocenters. The van der Waals surface area contributed by atoms with Gasteiger partial charge in [0.25, 0.3) is 0 Å². The molecule has 0 heterocycles. The second kappa shape index (κ2) is 38.1. The van der Waals surface area contributed by atoms with Crippen LogP contribution in [0, 0.1) is 0 Å². The van der Waals surface area contributed by atoms with Crippen LogP contribution < -0.4 is 5.73 Å². The van der Waals surface area contributed by atoms with E-state index in [-0.39, 0.29) is 19.4 Å². The van der Waals surface area contributed by atoms with Gasteiger partial charge < -0.3 is 25.2 Å². The van der Waals surface area contributed by atoms with E-state index in [4.69, 9.17) is 24.8 Å². The van der Waals surface area contributed by atoms with Crippen LogP contribution in [-0.2, 0) is 37.5 Å². The quantitative estimate of drug-likeness (QED) is 0.0233. The maximum Gasteiger partial charge on any atom is 0.472 e. The molecule has 4 N–H and O–H groups in total. The molecular formula is C42H80NO10P. The summed E-state index contributed by atoms with van der Waals surface area (Å²) in [6, 6.07) is -1.52. The number of nitrogens with two attached hydrogens (primary N) is 1. The zero-order valence-electron chi connectivity index (χ0n) is 34.3. The van der Waals surface area contributed by atoms with E-state index in [0.717, 1.165) is 38.5 Å². The minimum Gasteiger partial charge on any atom is -0.480 e. The van der Waals surface area contributed by atoms with Crippen molar-refractivity contribution in [1.82, 2.24) is 0 Å². The van der Waals surface area contributed by atoms with Crippen molar-refractivity contribution in [1.29, 1.82) is 0 Å². The lowest BCUT2D eigenvalue weighted by Crippen LogP contribution is -2.34. The molecular weight excluding hydrogens is 709 g/mol. The second-order valence-electron chi connectivity index (χ2n) is 14.8. The zero-order valence-corrected chi connectivity index (χ0v) is 35.2. The second-order valence-corrected chi connectivity index (χ2v) is 16.3. The van der Waals surface area contributed by atoms with Gasteiger partial charge in [0.15, 0.2) is 6.10 Å². The van der Waals surface area contributed by atoms with E-state index in [0.29, 0.717) is 12.8 Å². The monoisotopic (exact) mass is 790 g/mol. The average molecular weight is 790 g/mol. The number of ether oxygens (including phenoxy) is 2. The fourth-order valence-corrected chi connectivity index (χ4v) is 6.84. The molecule has 1 unspecified atom stereocenters. The molecule has 318 valence electrons. The molecule has 0 aromatic heterocycles. The number of carboxylic acid groups (broad SMARTS) is 1. The fraction of sp³-hybridized carbons (Fsp3) is 0.881. The van der Waals surface area contributed by atoms with Gasteiger partial charge >= 0.3 is 25.7 Å². The fourth-order valence-electron chi connectivity index (χ4n) is 6.06. The highest BCUT2D eigenvalue weighted by atomic mass is 31.2. The summed E-state index contributed by atoms with van der Waals surface area (Å²) in [4.78, 5) is 45.9. The van der Waals surface area contributed by atoms with Crippen molar-refractivity contribution in [3.05, 3.63) is 12.2 Å². The van der Waals surface area contributed by atoms with E-state index in [1.165, 1.54) is 128 Å². The number of allylic oxidation sites excluding steroid dienone is 2. The number of carboxylic acids is 1. The number of carbonyl (C=O) groups is 3. The normalized spacial score (nSPS) is 13.9. The van der Waals surface area contributed by atoms with Crippen molar-refractivity contribution in [2.24, 2.45) is 5.73 Å². The molecule has 0 bridgehead atoms. The van der Waals surface area contributed by atoms with Gasteiger partial charge in [-0.1, -0.05) is 167 Å². The molecule has 0 fully saturated rings. The maximum absolute atomic E-state index is 12.6. The maximum atomic E-state index is 12.6. The first-order chi connectivity index (χ1) is 26.1. The van der Waals surface area contributed by atoms with Gasteiger partial charge in [0.2, 0.25) is 0 Å². The predicted molar refractivity (Wildman–Crippen MR) is 217 cm³/mol. The molecule has 0 aromatic carbocycles. The molecule has 54 heavy (non-hydrogen) atoms. The molecule has 0 saturated heterocycles. The van der Waals surface area contributed by atoms with Crippen LogP contribution in [0.5, 0.6) is 0 Å². The summed E-state index contributed by atoms with van der Waals surface area (Å²) >= 11 is 0. The Morgan fingerprint density at radius 2 is 0.926 bits per heavy atom. The number of esters is 2. The Bertz CT molecular complexity index is 979. The highest BCUT2D eigenvalue weighted by Crippen LogP contribution is 2.43. The number of hydrogen-bond acceptors (Lipinski definition) is 9. The number of hydrogen-bond donors (Lipinski definition) is 3. The Morgan fingerprint density at radius 3 is 1.35 bits per heavy atom. The Kier molecular flexibility index (Phi) is 36.9. The summed E-state index contributed by atoms with van der Waals surface area (Å²) in [5, 5.41) is 8.88. The zero-order chi connectivity index (χ0) is 40.0. The van der Waals surface area contributed by atoms with Crippen LogP contribution >= 0.6 is 7.82 Å². The van der Waals surface area contributed by atoms with Crippen LogP contribution in [-0.4, -0.2) is 59.9 Å². The highest BCUT2D eigenvalue weighted by Gasteiger charge is 2.28. The summed E-state index contributed by atoms with van der Waals surface area (Å²) in [6.07, 6.45) is 37.0. The number of carbonyl (C=O) groups excluding carboxylic acids is 2. The molecule has 0 aromatic rings. The Balaban J connectivity index is 4.30. The largest absolute Gasteiger partial charge is 0.480 e. The Hall–Kier alpha value is -1.78. The lowest BCUT2D eigenvalue weighted by molar-refractivity contribution is -0.161. The Morgan fingerprint density at radius 1 is 0.556 bits per heavy atom. The summed E-state index contributed by atoms with van der Waals surface area (Å²) in [5.41, 5.74) is 5.33.